The van der Waals surface area contributed by atoms with E-state index >= 15 is 0 Å². The van der Waals surface area contributed by atoms with E-state index in [1.165, 1.54) is 22.4 Å². The van der Waals surface area contributed by atoms with Crippen molar-refractivity contribution in [2.75, 3.05) is 0 Å². The minimum atomic E-state index is 0.0321. The van der Waals surface area contributed by atoms with E-state index in [0.717, 1.165) is 28.9 Å². The maximum absolute atomic E-state index is 12.8. The Morgan fingerprint density at radius 3 is 2.77 bits per heavy atom. The van der Waals surface area contributed by atoms with E-state index in [2.05, 4.69) is 55.3 Å². The van der Waals surface area contributed by atoms with Crippen molar-refractivity contribution in [3.8, 4) is 0 Å². The molecular formula is C21H26N3OS+. The standard InChI is InChI=1S/C21H25N3OS/c1-12-9-10-16-17(11-12)26-21-18(16)20(25)23-19(24-21)14(3)22-13(2)15-7-5-4-6-8-15/h4-8,12-14,22H,9-11H2,1-3H3,(H,23,24,25)/p+1/t12-,13+,14+/m1/s1. The minimum Gasteiger partial charge on any atom is -0.332 e. The highest BCUT2D eigenvalue weighted by Crippen LogP contribution is 2.35. The lowest BCUT2D eigenvalue weighted by Crippen LogP contribution is -2.85. The van der Waals surface area contributed by atoms with E-state index in [1.807, 2.05) is 6.07 Å². The fraction of sp³-hybridized carbons (Fsp3) is 0.429. The number of nitrogens with two attached hydrogens (primary N) is 1. The zero-order chi connectivity index (χ0) is 18.3. The predicted octanol–water partition coefficient (Wildman–Crippen LogP) is 3.50. The topological polar surface area (TPSA) is 62.4 Å². The van der Waals surface area contributed by atoms with Gasteiger partial charge in [-0.25, -0.2) is 4.98 Å². The average molecular weight is 369 g/mol. The van der Waals surface area contributed by atoms with Crippen LogP contribution in [0.5, 0.6) is 0 Å². The molecule has 4 rings (SSSR count). The van der Waals surface area contributed by atoms with Crippen molar-refractivity contribution in [2.24, 2.45) is 5.92 Å². The zero-order valence-electron chi connectivity index (χ0n) is 15.6. The van der Waals surface area contributed by atoms with E-state index in [-0.39, 0.29) is 11.6 Å². The maximum atomic E-state index is 12.8. The van der Waals surface area contributed by atoms with Crippen LogP contribution in [-0.2, 0) is 12.8 Å². The van der Waals surface area contributed by atoms with Crippen molar-refractivity contribution in [3.05, 3.63) is 62.5 Å². The van der Waals surface area contributed by atoms with Crippen LogP contribution >= 0.6 is 11.3 Å². The molecule has 1 aliphatic carbocycles. The number of quaternary nitrogens is 1. The molecular weight excluding hydrogens is 342 g/mol. The number of aromatic amines is 1. The summed E-state index contributed by atoms with van der Waals surface area (Å²) in [4.78, 5) is 23.0. The SMILES string of the molecule is C[C@@H]1CCc2c(sc3nc([C@H](C)[NH2+][C@@H](C)c4ccccc4)[nH]c(=O)c23)C1. The van der Waals surface area contributed by atoms with E-state index in [9.17, 15) is 4.79 Å². The number of nitrogens with one attached hydrogen (secondary N) is 1. The van der Waals surface area contributed by atoms with Gasteiger partial charge in [-0.15, -0.1) is 11.3 Å². The highest BCUT2D eigenvalue weighted by Gasteiger charge is 2.24. The summed E-state index contributed by atoms with van der Waals surface area (Å²) in [5.41, 5.74) is 2.56. The number of benzene rings is 1. The van der Waals surface area contributed by atoms with Crippen LogP contribution in [0, 0.1) is 5.92 Å². The number of H-pyrrole nitrogens is 1. The molecule has 3 atom stereocenters. The number of aryl methyl sites for hydroxylation is 1. The third-order valence-electron chi connectivity index (χ3n) is 5.52. The predicted molar refractivity (Wildman–Crippen MR) is 107 cm³/mol. The van der Waals surface area contributed by atoms with Gasteiger partial charge in [-0.2, -0.15) is 0 Å². The normalized spacial score (nSPS) is 19.3. The van der Waals surface area contributed by atoms with E-state index in [4.69, 9.17) is 4.98 Å². The van der Waals surface area contributed by atoms with Crippen LogP contribution in [0.2, 0.25) is 0 Å². The van der Waals surface area contributed by atoms with Gasteiger partial charge in [0.15, 0.2) is 5.82 Å². The summed E-state index contributed by atoms with van der Waals surface area (Å²) in [6.07, 6.45) is 3.25. The van der Waals surface area contributed by atoms with Gasteiger partial charge in [0.05, 0.1) is 5.39 Å². The van der Waals surface area contributed by atoms with Crippen LogP contribution in [0.25, 0.3) is 10.2 Å². The molecule has 3 N–H and O–H groups in total. The molecule has 0 saturated heterocycles. The number of fused-ring (bicyclic) bond motifs is 3. The Morgan fingerprint density at radius 1 is 1.23 bits per heavy atom. The number of aromatic nitrogens is 2. The van der Waals surface area contributed by atoms with Crippen molar-refractivity contribution in [3.63, 3.8) is 0 Å². The lowest BCUT2D eigenvalue weighted by molar-refractivity contribution is -0.729. The molecule has 0 unspecified atom stereocenters. The summed E-state index contributed by atoms with van der Waals surface area (Å²) in [5, 5.41) is 3.10. The maximum Gasteiger partial charge on any atom is 0.260 e. The summed E-state index contributed by atoms with van der Waals surface area (Å²) in [6, 6.07) is 10.8. The summed E-state index contributed by atoms with van der Waals surface area (Å²) < 4.78 is 0. The van der Waals surface area contributed by atoms with Gasteiger partial charge in [0.25, 0.3) is 5.56 Å². The Kier molecular flexibility index (Phi) is 4.67. The molecule has 136 valence electrons. The minimum absolute atomic E-state index is 0.0321. The zero-order valence-corrected chi connectivity index (χ0v) is 16.4. The van der Waals surface area contributed by atoms with Crippen molar-refractivity contribution in [2.45, 2.75) is 52.1 Å². The molecule has 5 heteroatoms. The second-order valence-corrected chi connectivity index (χ2v) is 8.75. The first-order chi connectivity index (χ1) is 12.5. The quantitative estimate of drug-likeness (QED) is 0.740. The number of thiophene rings is 1. The van der Waals surface area contributed by atoms with Crippen molar-refractivity contribution in [1.29, 1.82) is 0 Å². The van der Waals surface area contributed by atoms with Gasteiger partial charge in [-0.1, -0.05) is 37.3 Å². The molecule has 0 radical (unpaired) electrons. The molecule has 0 saturated carbocycles. The lowest BCUT2D eigenvalue weighted by Gasteiger charge is -2.17. The van der Waals surface area contributed by atoms with Gasteiger partial charge in [0.1, 0.15) is 16.9 Å². The molecule has 0 spiro atoms. The Morgan fingerprint density at radius 2 is 2.00 bits per heavy atom. The molecule has 1 aromatic carbocycles. The van der Waals surface area contributed by atoms with Crippen LogP contribution in [0.15, 0.2) is 35.1 Å². The van der Waals surface area contributed by atoms with Crippen LogP contribution < -0.4 is 10.9 Å². The van der Waals surface area contributed by atoms with Crippen molar-refractivity contribution >= 4 is 21.6 Å². The second-order valence-electron chi connectivity index (χ2n) is 7.66. The van der Waals surface area contributed by atoms with Crippen molar-refractivity contribution in [1.82, 2.24) is 9.97 Å². The molecule has 0 fully saturated rings. The number of hydrogen-bond donors (Lipinski definition) is 2. The van der Waals surface area contributed by atoms with Gasteiger partial charge in [-0.3, -0.25) is 4.79 Å². The largest absolute Gasteiger partial charge is 0.332 e. The van der Waals surface area contributed by atoms with Crippen LogP contribution in [0.4, 0.5) is 0 Å². The average Bonchev–Trinajstić information content (AvgIpc) is 3.00. The van der Waals surface area contributed by atoms with E-state index < -0.39 is 0 Å². The highest BCUT2D eigenvalue weighted by atomic mass is 32.1. The lowest BCUT2D eigenvalue weighted by atomic mass is 9.89. The molecule has 2 heterocycles. The van der Waals surface area contributed by atoms with Gasteiger partial charge in [-0.05, 0) is 44.6 Å². The summed E-state index contributed by atoms with van der Waals surface area (Å²) in [7, 11) is 0. The Balaban J connectivity index is 1.64. The molecule has 0 aliphatic heterocycles. The monoisotopic (exact) mass is 368 g/mol. The Bertz CT molecular complexity index is 976. The van der Waals surface area contributed by atoms with Gasteiger partial charge in [0, 0.05) is 10.4 Å². The number of nitrogens with zero attached hydrogens (tertiary/aromatic N) is 1. The van der Waals surface area contributed by atoms with Crippen LogP contribution in [0.3, 0.4) is 0 Å². The van der Waals surface area contributed by atoms with Crippen LogP contribution in [-0.4, -0.2) is 9.97 Å². The summed E-state index contributed by atoms with van der Waals surface area (Å²) in [5.74, 6) is 1.48. The smallest absolute Gasteiger partial charge is 0.260 e. The molecule has 1 aliphatic rings. The fourth-order valence-corrected chi connectivity index (χ4v) is 5.36. The van der Waals surface area contributed by atoms with Crippen molar-refractivity contribution < 1.29 is 5.32 Å². The van der Waals surface area contributed by atoms with Gasteiger partial charge < -0.3 is 10.3 Å². The highest BCUT2D eigenvalue weighted by molar-refractivity contribution is 7.18. The molecule has 26 heavy (non-hydrogen) atoms. The molecule has 2 aromatic heterocycles. The van der Waals surface area contributed by atoms with E-state index in [0.29, 0.717) is 12.0 Å². The molecule has 0 amide bonds. The first-order valence-corrected chi connectivity index (χ1v) is 10.3. The Hall–Kier alpha value is -1.98. The van der Waals surface area contributed by atoms with Gasteiger partial charge >= 0.3 is 0 Å². The molecule has 4 nitrogen and oxygen atoms in total. The third kappa shape index (κ3) is 3.21. The first-order valence-electron chi connectivity index (χ1n) is 9.47. The second kappa shape index (κ2) is 6.97. The summed E-state index contributed by atoms with van der Waals surface area (Å²) in [6.45, 7) is 6.59. The third-order valence-corrected chi connectivity index (χ3v) is 6.67. The summed E-state index contributed by atoms with van der Waals surface area (Å²) >= 11 is 1.72. The van der Waals surface area contributed by atoms with Gasteiger partial charge in [0.2, 0.25) is 0 Å². The Labute approximate surface area is 157 Å². The first kappa shape index (κ1) is 17.4. The molecule has 0 bridgehead atoms. The fourth-order valence-electron chi connectivity index (χ4n) is 3.97. The van der Waals surface area contributed by atoms with Crippen LogP contribution in [0.1, 0.15) is 61.1 Å². The molecule has 3 aromatic rings. The number of hydrogen-bond acceptors (Lipinski definition) is 3. The number of rotatable bonds is 4. The van der Waals surface area contributed by atoms with E-state index in [1.54, 1.807) is 11.3 Å².